The van der Waals surface area contributed by atoms with Crippen molar-refractivity contribution in [3.63, 3.8) is 0 Å². The highest BCUT2D eigenvalue weighted by atomic mass is 32.2. The van der Waals surface area contributed by atoms with E-state index in [1.54, 1.807) is 12.1 Å². The van der Waals surface area contributed by atoms with Crippen molar-refractivity contribution >= 4 is 23.6 Å². The molecule has 1 heterocycles. The summed E-state index contributed by atoms with van der Waals surface area (Å²) in [5.74, 6) is -0.0567. The van der Waals surface area contributed by atoms with Gasteiger partial charge in [-0.1, -0.05) is 54.6 Å². The number of aromatic nitrogens is 3. The van der Waals surface area contributed by atoms with Crippen molar-refractivity contribution in [2.24, 2.45) is 0 Å². The number of hydrogen-bond acceptors (Lipinski definition) is 5. The normalized spacial score (nSPS) is 10.7. The summed E-state index contributed by atoms with van der Waals surface area (Å²) in [7, 11) is 0. The molecule has 3 rings (SSSR count). The summed E-state index contributed by atoms with van der Waals surface area (Å²) in [4.78, 5) is 23.2. The first-order valence-corrected chi connectivity index (χ1v) is 10.7. The number of benzene rings is 2. The third kappa shape index (κ3) is 5.48. The van der Waals surface area contributed by atoms with Gasteiger partial charge in [-0.2, -0.15) is 0 Å². The quantitative estimate of drug-likeness (QED) is 0.508. The van der Waals surface area contributed by atoms with Crippen LogP contribution in [0.1, 0.15) is 34.8 Å². The van der Waals surface area contributed by atoms with Gasteiger partial charge >= 0.3 is 5.97 Å². The van der Waals surface area contributed by atoms with E-state index in [1.807, 2.05) is 25.1 Å². The second kappa shape index (κ2) is 10.1. The first-order chi connectivity index (χ1) is 14.5. The number of hydrogen-bond donors (Lipinski definition) is 2. The van der Waals surface area contributed by atoms with Gasteiger partial charge in [0.15, 0.2) is 11.0 Å². The summed E-state index contributed by atoms with van der Waals surface area (Å²) >= 11 is 1.36. The Morgan fingerprint density at radius 1 is 1.13 bits per heavy atom. The van der Waals surface area contributed by atoms with Gasteiger partial charge in [0.1, 0.15) is 0 Å². The van der Waals surface area contributed by atoms with Gasteiger partial charge in [-0.3, -0.25) is 4.79 Å². The summed E-state index contributed by atoms with van der Waals surface area (Å²) in [6, 6.07) is 14.6. The van der Waals surface area contributed by atoms with Crippen LogP contribution >= 0.6 is 11.8 Å². The molecular weight excluding hydrogens is 400 g/mol. The van der Waals surface area contributed by atoms with E-state index in [4.69, 9.17) is 5.11 Å². The molecule has 7 nitrogen and oxygen atoms in total. The number of nitrogens with zero attached hydrogens (tertiary/aromatic N) is 3. The zero-order valence-electron chi connectivity index (χ0n) is 17.0. The molecule has 2 aromatic carbocycles. The summed E-state index contributed by atoms with van der Waals surface area (Å²) in [6.45, 7) is 5.25. The van der Waals surface area contributed by atoms with Gasteiger partial charge in [-0.05, 0) is 37.1 Å². The maximum Gasteiger partial charge on any atom is 0.335 e. The average Bonchev–Trinajstić information content (AvgIpc) is 3.14. The van der Waals surface area contributed by atoms with Crippen LogP contribution in [-0.2, 0) is 17.9 Å². The Labute approximate surface area is 179 Å². The van der Waals surface area contributed by atoms with Gasteiger partial charge < -0.3 is 15.0 Å². The third-order valence-corrected chi connectivity index (χ3v) is 5.43. The van der Waals surface area contributed by atoms with Gasteiger partial charge in [-0.25, -0.2) is 4.79 Å². The Morgan fingerprint density at radius 3 is 2.57 bits per heavy atom. The Balaban J connectivity index is 1.60. The molecule has 0 spiro atoms. The molecule has 0 fully saturated rings. The van der Waals surface area contributed by atoms with E-state index >= 15 is 0 Å². The lowest BCUT2D eigenvalue weighted by molar-refractivity contribution is -0.118. The maximum absolute atomic E-state index is 12.3. The molecule has 0 aliphatic heterocycles. The Hall–Kier alpha value is -3.13. The van der Waals surface area contributed by atoms with Crippen molar-refractivity contribution in [2.75, 3.05) is 5.75 Å². The van der Waals surface area contributed by atoms with Crippen LogP contribution in [0.15, 0.2) is 53.7 Å². The molecule has 0 aliphatic carbocycles. The van der Waals surface area contributed by atoms with Gasteiger partial charge in [0, 0.05) is 18.7 Å². The summed E-state index contributed by atoms with van der Waals surface area (Å²) < 4.78 is 2.05. The minimum absolute atomic E-state index is 0.120. The van der Waals surface area contributed by atoms with Crippen molar-refractivity contribution in [3.8, 4) is 11.4 Å². The molecule has 30 heavy (non-hydrogen) atoms. The first-order valence-electron chi connectivity index (χ1n) is 9.70. The Morgan fingerprint density at radius 2 is 1.90 bits per heavy atom. The number of rotatable bonds is 9. The fraction of sp³-hybridized carbons (Fsp3) is 0.273. The smallest absolute Gasteiger partial charge is 0.335 e. The van der Waals surface area contributed by atoms with Crippen molar-refractivity contribution in [1.29, 1.82) is 0 Å². The number of aryl methyl sites for hydroxylation is 1. The average molecular weight is 425 g/mol. The molecule has 0 radical (unpaired) electrons. The standard InChI is InChI=1S/C22H24N4O3S/c1-3-11-26-20(18-6-4-5-15(2)12-18)24-25-22(26)30-14-19(27)23-13-16-7-9-17(10-8-16)21(28)29/h4-10,12H,3,11,13-14H2,1-2H3,(H,23,27)(H,28,29). The van der Waals surface area contributed by atoms with Gasteiger partial charge in [0.05, 0.1) is 11.3 Å². The lowest BCUT2D eigenvalue weighted by Gasteiger charge is -2.09. The Kier molecular flexibility index (Phi) is 7.24. The maximum atomic E-state index is 12.3. The molecule has 8 heteroatoms. The second-order valence-electron chi connectivity index (χ2n) is 6.89. The van der Waals surface area contributed by atoms with Crippen molar-refractivity contribution in [1.82, 2.24) is 20.1 Å². The number of thioether (sulfide) groups is 1. The molecule has 0 unspecified atom stereocenters. The third-order valence-electron chi connectivity index (χ3n) is 4.46. The molecule has 0 atom stereocenters. The molecule has 156 valence electrons. The number of amides is 1. The van der Waals surface area contributed by atoms with Crippen molar-refractivity contribution in [3.05, 3.63) is 65.2 Å². The second-order valence-corrected chi connectivity index (χ2v) is 7.84. The fourth-order valence-corrected chi connectivity index (χ4v) is 3.76. The molecule has 0 bridgehead atoms. The number of carboxylic acid groups (broad SMARTS) is 1. The lowest BCUT2D eigenvalue weighted by Crippen LogP contribution is -2.24. The molecule has 2 N–H and O–H groups in total. The predicted octanol–water partition coefficient (Wildman–Crippen LogP) is 3.77. The number of carboxylic acids is 1. The minimum Gasteiger partial charge on any atom is -0.478 e. The van der Waals surface area contributed by atoms with Crippen LogP contribution in [0.4, 0.5) is 0 Å². The molecule has 3 aromatic rings. The molecule has 1 amide bonds. The zero-order chi connectivity index (χ0) is 21.5. The van der Waals surface area contributed by atoms with Crippen LogP contribution in [0.2, 0.25) is 0 Å². The van der Waals surface area contributed by atoms with Crippen molar-refractivity contribution < 1.29 is 14.7 Å². The number of carbonyl (C=O) groups excluding carboxylic acids is 1. The molecule has 0 aliphatic rings. The van der Waals surface area contributed by atoms with E-state index in [9.17, 15) is 9.59 Å². The van der Waals surface area contributed by atoms with E-state index in [2.05, 4.69) is 33.1 Å². The lowest BCUT2D eigenvalue weighted by atomic mass is 10.1. The van der Waals surface area contributed by atoms with E-state index < -0.39 is 5.97 Å². The van der Waals surface area contributed by atoms with E-state index in [0.717, 1.165) is 35.5 Å². The van der Waals surface area contributed by atoms with Crippen LogP contribution in [0.25, 0.3) is 11.4 Å². The SMILES string of the molecule is CCCn1c(SCC(=O)NCc2ccc(C(=O)O)cc2)nnc1-c1cccc(C)c1. The van der Waals surface area contributed by atoms with E-state index in [0.29, 0.717) is 11.7 Å². The predicted molar refractivity (Wildman–Crippen MR) is 116 cm³/mol. The van der Waals surface area contributed by atoms with Gasteiger partial charge in [0.2, 0.25) is 5.91 Å². The summed E-state index contributed by atoms with van der Waals surface area (Å²) in [6.07, 6.45) is 0.933. The number of nitrogens with one attached hydrogen (secondary N) is 1. The molecule has 0 saturated carbocycles. The van der Waals surface area contributed by atoms with Crippen LogP contribution in [0.3, 0.4) is 0 Å². The number of aromatic carboxylic acids is 1. The highest BCUT2D eigenvalue weighted by Crippen LogP contribution is 2.25. The van der Waals surface area contributed by atoms with Crippen molar-refractivity contribution in [2.45, 2.75) is 38.5 Å². The van der Waals surface area contributed by atoms with Gasteiger partial charge in [0.25, 0.3) is 0 Å². The van der Waals surface area contributed by atoms with E-state index in [-0.39, 0.29) is 17.2 Å². The zero-order valence-corrected chi connectivity index (χ0v) is 17.8. The number of carbonyl (C=O) groups is 2. The highest BCUT2D eigenvalue weighted by molar-refractivity contribution is 7.99. The first kappa shape index (κ1) is 21.6. The van der Waals surface area contributed by atoms with Crippen LogP contribution in [0, 0.1) is 6.92 Å². The monoisotopic (exact) mass is 424 g/mol. The Bertz CT molecular complexity index is 1030. The molecule has 1 aromatic heterocycles. The summed E-state index contributed by atoms with van der Waals surface area (Å²) in [5.41, 5.74) is 3.23. The molecule has 0 saturated heterocycles. The van der Waals surface area contributed by atoms with Crippen LogP contribution in [-0.4, -0.2) is 37.5 Å². The molecular formula is C22H24N4O3S. The largest absolute Gasteiger partial charge is 0.478 e. The highest BCUT2D eigenvalue weighted by Gasteiger charge is 2.15. The fourth-order valence-electron chi connectivity index (χ4n) is 2.97. The van der Waals surface area contributed by atoms with Crippen LogP contribution in [0.5, 0.6) is 0 Å². The minimum atomic E-state index is -0.969. The topological polar surface area (TPSA) is 97.1 Å². The van der Waals surface area contributed by atoms with Crippen LogP contribution < -0.4 is 5.32 Å². The summed E-state index contributed by atoms with van der Waals surface area (Å²) in [5, 5.41) is 21.2. The van der Waals surface area contributed by atoms with E-state index in [1.165, 1.54) is 23.9 Å². The van der Waals surface area contributed by atoms with Gasteiger partial charge in [-0.15, -0.1) is 10.2 Å².